The lowest BCUT2D eigenvalue weighted by molar-refractivity contribution is 0.701. The van der Waals surface area contributed by atoms with Crippen LogP contribution in [0, 0.1) is 6.92 Å². The molecule has 0 spiro atoms. The van der Waals surface area contributed by atoms with Crippen molar-refractivity contribution in [2.75, 3.05) is 5.73 Å². The summed E-state index contributed by atoms with van der Waals surface area (Å²) in [5, 5.41) is 1.05. The predicted molar refractivity (Wildman–Crippen MR) is 79.8 cm³/mol. The Morgan fingerprint density at radius 2 is 2.00 bits per heavy atom. The summed E-state index contributed by atoms with van der Waals surface area (Å²) in [5.41, 5.74) is 10.4. The van der Waals surface area contributed by atoms with Gasteiger partial charge in [-0.2, -0.15) is 0 Å². The second-order valence-electron chi connectivity index (χ2n) is 5.21. The summed E-state index contributed by atoms with van der Waals surface area (Å²) in [6.45, 7) is 2.09. The highest BCUT2D eigenvalue weighted by Gasteiger charge is 2.20. The molecule has 1 heterocycles. The number of nitrogens with zero attached hydrogens (tertiary/aromatic N) is 1. The van der Waals surface area contributed by atoms with E-state index in [0.29, 0.717) is 5.92 Å². The lowest BCUT2D eigenvalue weighted by Crippen LogP contribution is -2.00. The van der Waals surface area contributed by atoms with Crippen molar-refractivity contribution in [3.8, 4) is 0 Å². The van der Waals surface area contributed by atoms with E-state index in [9.17, 15) is 0 Å². The van der Waals surface area contributed by atoms with Gasteiger partial charge < -0.3 is 5.73 Å². The summed E-state index contributed by atoms with van der Waals surface area (Å²) in [4.78, 5) is 4.85. The van der Waals surface area contributed by atoms with Crippen LogP contribution in [0.1, 0.15) is 42.9 Å². The van der Waals surface area contributed by atoms with Crippen LogP contribution in [-0.2, 0) is 0 Å². The van der Waals surface area contributed by atoms with Gasteiger partial charge in [0, 0.05) is 27.2 Å². The number of nitrogen functional groups attached to an aromatic ring is 1. The zero-order chi connectivity index (χ0) is 12.7. The van der Waals surface area contributed by atoms with Crippen molar-refractivity contribution >= 4 is 32.5 Å². The van der Waals surface area contributed by atoms with E-state index in [1.54, 1.807) is 0 Å². The standard InChI is InChI=1S/C15H17BrN2/c1-9-6-7-11-12(17)8-13(10-4-2-3-5-10)18-15(11)14(9)16/h6-8,10H,2-5H2,1H3,(H2,17,18). The molecule has 0 aliphatic heterocycles. The lowest BCUT2D eigenvalue weighted by atomic mass is 10.0. The third-order valence-electron chi connectivity index (χ3n) is 3.94. The fourth-order valence-electron chi connectivity index (χ4n) is 2.84. The molecule has 3 heteroatoms. The fourth-order valence-corrected chi connectivity index (χ4v) is 3.27. The van der Waals surface area contributed by atoms with Crippen molar-refractivity contribution in [2.45, 2.75) is 38.5 Å². The Kier molecular flexibility index (Phi) is 3.02. The first kappa shape index (κ1) is 12.0. The largest absolute Gasteiger partial charge is 0.398 e. The molecule has 1 aliphatic rings. The highest BCUT2D eigenvalue weighted by molar-refractivity contribution is 9.10. The highest BCUT2D eigenvalue weighted by Crippen LogP contribution is 2.37. The normalized spacial score (nSPS) is 16.6. The summed E-state index contributed by atoms with van der Waals surface area (Å²) in [6, 6.07) is 6.22. The Hall–Kier alpha value is -1.09. The fraction of sp³-hybridized carbons (Fsp3) is 0.400. The first-order valence-electron chi connectivity index (χ1n) is 6.52. The Balaban J connectivity index is 2.21. The number of rotatable bonds is 1. The molecule has 2 nitrogen and oxygen atoms in total. The summed E-state index contributed by atoms with van der Waals surface area (Å²) >= 11 is 3.64. The van der Waals surface area contributed by atoms with Crippen molar-refractivity contribution in [3.05, 3.63) is 33.9 Å². The zero-order valence-corrected chi connectivity index (χ0v) is 12.1. The van der Waals surface area contributed by atoms with Crippen LogP contribution in [0.4, 0.5) is 5.69 Å². The number of nitrogens with two attached hydrogens (primary N) is 1. The number of fused-ring (bicyclic) bond motifs is 1. The number of anilines is 1. The molecule has 18 heavy (non-hydrogen) atoms. The summed E-state index contributed by atoms with van der Waals surface area (Å²) in [6.07, 6.45) is 5.14. The Morgan fingerprint density at radius 1 is 1.28 bits per heavy atom. The minimum Gasteiger partial charge on any atom is -0.398 e. The van der Waals surface area contributed by atoms with Crippen molar-refractivity contribution in [1.29, 1.82) is 0 Å². The molecule has 3 rings (SSSR count). The van der Waals surface area contributed by atoms with E-state index < -0.39 is 0 Å². The van der Waals surface area contributed by atoms with Crippen LogP contribution in [0.5, 0.6) is 0 Å². The van der Waals surface area contributed by atoms with E-state index in [1.165, 1.54) is 36.9 Å². The van der Waals surface area contributed by atoms with Crippen LogP contribution in [0.2, 0.25) is 0 Å². The zero-order valence-electron chi connectivity index (χ0n) is 10.5. The summed E-state index contributed by atoms with van der Waals surface area (Å²) in [7, 11) is 0. The topological polar surface area (TPSA) is 38.9 Å². The summed E-state index contributed by atoms with van der Waals surface area (Å²) < 4.78 is 1.08. The van der Waals surface area contributed by atoms with Gasteiger partial charge in [0.25, 0.3) is 0 Å². The van der Waals surface area contributed by atoms with Gasteiger partial charge in [0.2, 0.25) is 0 Å². The number of benzene rings is 1. The SMILES string of the molecule is Cc1ccc2c(N)cc(C3CCCC3)nc2c1Br. The molecule has 0 bridgehead atoms. The smallest absolute Gasteiger partial charge is 0.0870 e. The molecule has 2 N–H and O–H groups in total. The van der Waals surface area contributed by atoms with Crippen molar-refractivity contribution < 1.29 is 0 Å². The van der Waals surface area contributed by atoms with E-state index in [2.05, 4.69) is 41.1 Å². The molecular weight excluding hydrogens is 288 g/mol. The summed E-state index contributed by atoms with van der Waals surface area (Å²) in [5.74, 6) is 0.601. The Bertz CT molecular complexity index is 601. The maximum atomic E-state index is 6.18. The molecule has 1 aromatic carbocycles. The highest BCUT2D eigenvalue weighted by atomic mass is 79.9. The maximum absolute atomic E-state index is 6.18. The molecule has 1 aromatic heterocycles. The molecule has 2 aromatic rings. The van der Waals surface area contributed by atoms with Crippen molar-refractivity contribution in [1.82, 2.24) is 4.98 Å². The molecule has 0 amide bonds. The third kappa shape index (κ3) is 1.91. The molecule has 1 aliphatic carbocycles. The van der Waals surface area contributed by atoms with Gasteiger partial charge >= 0.3 is 0 Å². The molecule has 0 unspecified atom stereocenters. The van der Waals surface area contributed by atoms with Crippen molar-refractivity contribution in [2.24, 2.45) is 0 Å². The van der Waals surface area contributed by atoms with Gasteiger partial charge in [-0.1, -0.05) is 25.0 Å². The second-order valence-corrected chi connectivity index (χ2v) is 6.00. The number of hydrogen-bond donors (Lipinski definition) is 1. The van der Waals surface area contributed by atoms with Crippen LogP contribution in [0.3, 0.4) is 0 Å². The number of aryl methyl sites for hydroxylation is 1. The first-order chi connectivity index (χ1) is 8.66. The van der Waals surface area contributed by atoms with Crippen LogP contribution < -0.4 is 5.73 Å². The van der Waals surface area contributed by atoms with E-state index in [-0.39, 0.29) is 0 Å². The van der Waals surface area contributed by atoms with Crippen LogP contribution in [-0.4, -0.2) is 4.98 Å². The maximum Gasteiger partial charge on any atom is 0.0870 e. The second kappa shape index (κ2) is 4.54. The third-order valence-corrected chi connectivity index (χ3v) is 4.94. The number of pyridine rings is 1. The quantitative estimate of drug-likeness (QED) is 0.839. The molecule has 0 radical (unpaired) electrons. The van der Waals surface area contributed by atoms with Gasteiger partial charge in [-0.3, -0.25) is 4.98 Å². The number of aromatic nitrogens is 1. The van der Waals surface area contributed by atoms with E-state index in [4.69, 9.17) is 10.7 Å². The number of hydrogen-bond acceptors (Lipinski definition) is 2. The van der Waals surface area contributed by atoms with Gasteiger partial charge in [0.15, 0.2) is 0 Å². The van der Waals surface area contributed by atoms with Crippen LogP contribution in [0.15, 0.2) is 22.7 Å². The molecular formula is C15H17BrN2. The molecule has 94 valence electrons. The molecule has 0 saturated heterocycles. The molecule has 0 atom stereocenters. The average Bonchev–Trinajstić information content (AvgIpc) is 2.88. The van der Waals surface area contributed by atoms with Gasteiger partial charge in [-0.05, 0) is 47.3 Å². The molecule has 1 fully saturated rings. The van der Waals surface area contributed by atoms with E-state index >= 15 is 0 Å². The lowest BCUT2D eigenvalue weighted by Gasteiger charge is -2.13. The van der Waals surface area contributed by atoms with Gasteiger partial charge in [-0.25, -0.2) is 0 Å². The molecule has 1 saturated carbocycles. The monoisotopic (exact) mass is 304 g/mol. The average molecular weight is 305 g/mol. The predicted octanol–water partition coefficient (Wildman–Crippen LogP) is 4.55. The minimum atomic E-state index is 0.601. The minimum absolute atomic E-state index is 0.601. The van der Waals surface area contributed by atoms with Crippen molar-refractivity contribution in [3.63, 3.8) is 0 Å². The van der Waals surface area contributed by atoms with Crippen LogP contribution >= 0.6 is 15.9 Å². The Morgan fingerprint density at radius 3 is 2.72 bits per heavy atom. The van der Waals surface area contributed by atoms with Gasteiger partial charge in [0.1, 0.15) is 0 Å². The van der Waals surface area contributed by atoms with Gasteiger partial charge in [-0.15, -0.1) is 0 Å². The van der Waals surface area contributed by atoms with Gasteiger partial charge in [0.05, 0.1) is 5.52 Å². The van der Waals surface area contributed by atoms with E-state index in [0.717, 1.165) is 21.1 Å². The van der Waals surface area contributed by atoms with Crippen LogP contribution in [0.25, 0.3) is 10.9 Å². The Labute approximate surface area is 116 Å². The number of halogens is 1. The van der Waals surface area contributed by atoms with E-state index in [1.807, 2.05) is 0 Å². The first-order valence-corrected chi connectivity index (χ1v) is 7.31.